The van der Waals surface area contributed by atoms with Crippen LogP contribution in [0.1, 0.15) is 80.1 Å². The van der Waals surface area contributed by atoms with E-state index in [1.807, 2.05) is 6.08 Å². The van der Waals surface area contributed by atoms with Crippen molar-refractivity contribution in [3.05, 3.63) is 22.3 Å². The summed E-state index contributed by atoms with van der Waals surface area (Å²) in [5.74, 6) is 0. The molecule has 0 N–H and O–H groups in total. The summed E-state index contributed by atoms with van der Waals surface area (Å²) in [7, 11) is -1.71. The fourth-order valence-corrected chi connectivity index (χ4v) is 20.9. The van der Waals surface area contributed by atoms with Gasteiger partial charge in [-0.25, -0.2) is 0 Å². The molecule has 0 aromatic rings. The maximum absolute atomic E-state index is 6.73. The van der Waals surface area contributed by atoms with E-state index in [0.29, 0.717) is 0 Å². The standard InChI is InChI=1S/C11H21OSi.3C4H9.Sn/c1-7-8-9-10-12-13(5,6)11(2,3)4;3*1-3-4-2;/h7-8H,1,10H2,2-6H3;3*1,3-4H2,2H3;. The summed E-state index contributed by atoms with van der Waals surface area (Å²) in [4.78, 5) is 0. The molecule has 0 aliphatic rings. The van der Waals surface area contributed by atoms with Crippen molar-refractivity contribution >= 4 is 26.7 Å². The Balaban J connectivity index is 5.66. The molecule has 0 aliphatic heterocycles. The fourth-order valence-electron chi connectivity index (χ4n) is 3.40. The fraction of sp³-hybridized carbons (Fsp3) is 0.826. The topological polar surface area (TPSA) is 9.23 Å². The van der Waals surface area contributed by atoms with E-state index in [-0.39, 0.29) is 5.04 Å². The van der Waals surface area contributed by atoms with Crippen molar-refractivity contribution in [2.24, 2.45) is 0 Å². The third-order valence-electron chi connectivity index (χ3n) is 6.42. The molecule has 0 amide bonds. The summed E-state index contributed by atoms with van der Waals surface area (Å²) in [6.07, 6.45) is 12.6. The van der Waals surface area contributed by atoms with Crippen LogP contribution in [0.15, 0.2) is 22.3 Å². The number of allylic oxidation sites excluding steroid dienone is 2. The number of hydrogen-bond acceptors (Lipinski definition) is 1. The Morgan fingerprint density at radius 1 is 0.923 bits per heavy atom. The van der Waals surface area contributed by atoms with Gasteiger partial charge in [0.25, 0.3) is 0 Å². The van der Waals surface area contributed by atoms with Crippen LogP contribution in [-0.4, -0.2) is 33.3 Å². The Morgan fingerprint density at radius 2 is 1.35 bits per heavy atom. The summed E-state index contributed by atoms with van der Waals surface area (Å²) in [5, 5.41) is 0.278. The van der Waals surface area contributed by atoms with E-state index in [0.717, 1.165) is 6.61 Å². The Hall–Kier alpha value is 0.456. The second kappa shape index (κ2) is 12.8. The van der Waals surface area contributed by atoms with E-state index in [4.69, 9.17) is 4.43 Å². The van der Waals surface area contributed by atoms with Crippen molar-refractivity contribution in [2.45, 2.75) is 112 Å². The zero-order valence-corrected chi connectivity index (χ0v) is 23.2. The predicted molar refractivity (Wildman–Crippen MR) is 126 cm³/mol. The molecular formula is C23H48OSiSn. The molecule has 3 heteroatoms. The molecule has 0 rings (SSSR count). The van der Waals surface area contributed by atoms with Gasteiger partial charge in [-0.05, 0) is 0 Å². The van der Waals surface area contributed by atoms with Crippen molar-refractivity contribution in [1.82, 2.24) is 0 Å². The number of hydrogen-bond donors (Lipinski definition) is 0. The summed E-state index contributed by atoms with van der Waals surface area (Å²) in [6, 6.07) is 0. The van der Waals surface area contributed by atoms with Gasteiger partial charge in [0.15, 0.2) is 0 Å². The quantitative estimate of drug-likeness (QED) is 0.176. The first-order chi connectivity index (χ1) is 12.1. The van der Waals surface area contributed by atoms with Crippen LogP contribution in [0.4, 0.5) is 0 Å². The number of rotatable bonds is 14. The first kappa shape index (κ1) is 26.5. The molecule has 0 spiro atoms. The minimum absolute atomic E-state index is 0.278. The van der Waals surface area contributed by atoms with Gasteiger partial charge in [-0.3, -0.25) is 0 Å². The molecule has 0 saturated carbocycles. The summed E-state index contributed by atoms with van der Waals surface area (Å²) < 4.78 is 13.0. The van der Waals surface area contributed by atoms with Crippen LogP contribution in [0.25, 0.3) is 0 Å². The van der Waals surface area contributed by atoms with Gasteiger partial charge in [-0.15, -0.1) is 0 Å². The van der Waals surface area contributed by atoms with Gasteiger partial charge in [0.2, 0.25) is 0 Å². The third kappa shape index (κ3) is 8.64. The third-order valence-corrected chi connectivity index (χ3v) is 26.9. The SMILES string of the molecule is C=C/C=[C](\CO[Si](C)(C)C(C)(C)C)[Sn]([CH2]CCC)([CH2]CCC)[CH2]CCC. The van der Waals surface area contributed by atoms with E-state index < -0.39 is 26.7 Å². The zero-order chi connectivity index (χ0) is 20.3. The maximum atomic E-state index is 6.73. The molecule has 0 bridgehead atoms. The normalized spacial score (nSPS) is 13.9. The molecule has 0 aromatic heterocycles. The van der Waals surface area contributed by atoms with Crippen LogP contribution >= 0.6 is 0 Å². The summed E-state index contributed by atoms with van der Waals surface area (Å²) in [6.45, 7) is 23.8. The molecule has 1 nitrogen and oxygen atoms in total. The van der Waals surface area contributed by atoms with Crippen molar-refractivity contribution in [3.63, 3.8) is 0 Å². The molecule has 0 atom stereocenters. The monoisotopic (exact) mass is 488 g/mol. The molecule has 0 aliphatic carbocycles. The van der Waals surface area contributed by atoms with E-state index in [9.17, 15) is 0 Å². The Bertz CT molecular complexity index is 399. The molecule has 0 heterocycles. The van der Waals surface area contributed by atoms with Gasteiger partial charge >= 0.3 is 172 Å². The predicted octanol–water partition coefficient (Wildman–Crippen LogP) is 8.51. The summed E-state index contributed by atoms with van der Waals surface area (Å²) in [5.41, 5.74) is 0. The van der Waals surface area contributed by atoms with E-state index >= 15 is 0 Å². The molecule has 26 heavy (non-hydrogen) atoms. The molecule has 0 fully saturated rings. The van der Waals surface area contributed by atoms with Crippen molar-refractivity contribution in [1.29, 1.82) is 0 Å². The Morgan fingerprint density at radius 3 is 1.65 bits per heavy atom. The average Bonchev–Trinajstić information content (AvgIpc) is 2.57. The van der Waals surface area contributed by atoms with Crippen LogP contribution in [0.3, 0.4) is 0 Å². The average molecular weight is 487 g/mol. The van der Waals surface area contributed by atoms with Gasteiger partial charge in [-0.1, -0.05) is 0 Å². The van der Waals surface area contributed by atoms with Crippen molar-refractivity contribution in [3.8, 4) is 0 Å². The second-order valence-electron chi connectivity index (χ2n) is 9.57. The molecule has 0 aromatic carbocycles. The van der Waals surface area contributed by atoms with Gasteiger partial charge in [-0.2, -0.15) is 0 Å². The Kier molecular flexibility index (Phi) is 13.0. The molecule has 0 radical (unpaired) electrons. The van der Waals surface area contributed by atoms with Gasteiger partial charge < -0.3 is 0 Å². The molecule has 0 saturated heterocycles. The molecular weight excluding hydrogens is 439 g/mol. The molecule has 0 unspecified atom stereocenters. The van der Waals surface area contributed by atoms with Gasteiger partial charge in [0.05, 0.1) is 0 Å². The van der Waals surface area contributed by atoms with E-state index in [1.54, 1.807) is 3.59 Å². The first-order valence-corrected chi connectivity index (χ1v) is 21.4. The first-order valence-electron chi connectivity index (χ1n) is 11.1. The summed E-state index contributed by atoms with van der Waals surface area (Å²) >= 11 is -2.39. The van der Waals surface area contributed by atoms with Crippen LogP contribution in [-0.2, 0) is 4.43 Å². The van der Waals surface area contributed by atoms with E-state index in [1.165, 1.54) is 51.8 Å². The van der Waals surface area contributed by atoms with Gasteiger partial charge in [0.1, 0.15) is 0 Å². The van der Waals surface area contributed by atoms with Crippen molar-refractivity contribution in [2.75, 3.05) is 6.61 Å². The van der Waals surface area contributed by atoms with Crippen LogP contribution in [0, 0.1) is 0 Å². The van der Waals surface area contributed by atoms with Crippen LogP contribution in [0.2, 0.25) is 31.4 Å². The molecule has 154 valence electrons. The zero-order valence-electron chi connectivity index (χ0n) is 19.3. The van der Waals surface area contributed by atoms with Crippen molar-refractivity contribution < 1.29 is 4.43 Å². The second-order valence-corrected chi connectivity index (χ2v) is 27.8. The van der Waals surface area contributed by atoms with E-state index in [2.05, 4.69) is 67.3 Å². The Labute approximate surface area is 171 Å². The van der Waals surface area contributed by atoms with Crippen LogP contribution < -0.4 is 0 Å². The minimum atomic E-state index is -2.39. The number of unbranched alkanes of at least 4 members (excludes halogenated alkanes) is 3. The van der Waals surface area contributed by atoms with Gasteiger partial charge in [0, 0.05) is 0 Å². The van der Waals surface area contributed by atoms with Crippen LogP contribution in [0.5, 0.6) is 0 Å².